The average molecular weight is 447 g/mol. The molecule has 2 atom stereocenters. The maximum Gasteiger partial charge on any atom is 0.187 e. The fourth-order valence-electron chi connectivity index (χ4n) is 3.96. The van der Waals surface area contributed by atoms with E-state index in [1.54, 1.807) is 7.05 Å². The van der Waals surface area contributed by atoms with E-state index in [1.165, 1.54) is 0 Å². The number of anilines is 1. The van der Waals surface area contributed by atoms with E-state index in [9.17, 15) is 5.11 Å². The normalized spacial score (nSPS) is 19.8. The molecule has 1 unspecified atom stereocenters. The molecule has 0 bridgehead atoms. The van der Waals surface area contributed by atoms with E-state index in [0.29, 0.717) is 75.6 Å². The van der Waals surface area contributed by atoms with Crippen molar-refractivity contribution in [2.24, 2.45) is 5.92 Å². The molecule has 0 radical (unpaired) electrons. The van der Waals surface area contributed by atoms with Crippen molar-refractivity contribution in [2.45, 2.75) is 18.9 Å². The van der Waals surface area contributed by atoms with Crippen molar-refractivity contribution < 1.29 is 23.7 Å². The summed E-state index contributed by atoms with van der Waals surface area (Å²) in [5.41, 5.74) is 1.16. The third kappa shape index (κ3) is 5.72. The van der Waals surface area contributed by atoms with Crippen molar-refractivity contribution in [3.8, 4) is 17.1 Å². The Kier molecular flexibility index (Phi) is 7.85. The Balaban J connectivity index is 1.62. The summed E-state index contributed by atoms with van der Waals surface area (Å²) in [5.74, 6) is 1.29. The third-order valence-corrected chi connectivity index (χ3v) is 5.69. The van der Waals surface area contributed by atoms with Gasteiger partial charge in [0.15, 0.2) is 17.5 Å². The second-order valence-electron chi connectivity index (χ2n) is 8.21. The van der Waals surface area contributed by atoms with Gasteiger partial charge in [0.25, 0.3) is 0 Å². The van der Waals surface area contributed by atoms with Crippen LogP contribution >= 0.6 is 0 Å². The Bertz CT molecular complexity index is 888. The van der Waals surface area contributed by atoms with Crippen molar-refractivity contribution in [1.82, 2.24) is 15.3 Å². The number of aromatic nitrogens is 2. The van der Waals surface area contributed by atoms with Gasteiger partial charge in [0, 0.05) is 38.4 Å². The second-order valence-corrected chi connectivity index (χ2v) is 8.21. The number of aliphatic hydroxyl groups excluding tert-OH is 1. The number of morpholine rings is 1. The number of rotatable bonds is 9. The minimum absolute atomic E-state index is 0.167. The maximum atomic E-state index is 15.5. The van der Waals surface area contributed by atoms with Crippen LogP contribution in [0.4, 0.5) is 10.2 Å². The van der Waals surface area contributed by atoms with Crippen LogP contribution in [0.15, 0.2) is 24.3 Å². The average Bonchev–Trinajstić information content (AvgIpc) is 3.33. The second kappa shape index (κ2) is 11.0. The number of nitrogens with zero attached hydrogens (tertiary/aromatic N) is 3. The van der Waals surface area contributed by atoms with Gasteiger partial charge in [-0.1, -0.05) is 12.1 Å². The summed E-state index contributed by atoms with van der Waals surface area (Å²) in [7, 11) is 1.77. The first kappa shape index (κ1) is 22.8. The molecule has 2 saturated heterocycles. The minimum atomic E-state index is -0.612. The van der Waals surface area contributed by atoms with E-state index in [4.69, 9.17) is 14.2 Å². The highest BCUT2D eigenvalue weighted by Crippen LogP contribution is 2.29. The van der Waals surface area contributed by atoms with Gasteiger partial charge in [-0.3, -0.25) is 0 Å². The molecule has 2 aliphatic rings. The first-order valence-electron chi connectivity index (χ1n) is 11.2. The zero-order chi connectivity index (χ0) is 22.3. The van der Waals surface area contributed by atoms with Crippen LogP contribution in [0.25, 0.3) is 11.4 Å². The number of aliphatic hydroxyl groups is 1. The summed E-state index contributed by atoms with van der Waals surface area (Å²) in [5, 5.41) is 12.8. The fourth-order valence-corrected chi connectivity index (χ4v) is 3.96. The zero-order valence-electron chi connectivity index (χ0n) is 18.4. The summed E-state index contributed by atoms with van der Waals surface area (Å²) in [6.45, 7) is 4.21. The van der Waals surface area contributed by atoms with Crippen molar-refractivity contribution in [2.75, 3.05) is 64.6 Å². The number of halogens is 1. The van der Waals surface area contributed by atoms with Gasteiger partial charge in [-0.2, -0.15) is 0 Å². The van der Waals surface area contributed by atoms with Gasteiger partial charge in [0.1, 0.15) is 18.5 Å². The molecule has 0 spiro atoms. The van der Waals surface area contributed by atoms with Gasteiger partial charge in [0.05, 0.1) is 18.9 Å². The topological polar surface area (TPSA) is 89.0 Å². The standard InChI is InChI=1S/C23H31FN4O4/c1-25-13-18(29)15-32-19-4-2-3-17(12-19)22-26-20(11-16-5-8-31-14-16)21(24)23(27-22)28-6-9-30-10-7-28/h2-4,12,16,18,25,29H,5-11,13-15H2,1H3/t16-,18?/m0/s1. The van der Waals surface area contributed by atoms with Crippen LogP contribution in [0.1, 0.15) is 12.1 Å². The molecule has 2 fully saturated rings. The van der Waals surface area contributed by atoms with Gasteiger partial charge in [-0.05, 0) is 37.9 Å². The lowest BCUT2D eigenvalue weighted by molar-refractivity contribution is 0.108. The Morgan fingerprint density at radius 2 is 2.09 bits per heavy atom. The molecule has 174 valence electrons. The van der Waals surface area contributed by atoms with Gasteiger partial charge in [-0.15, -0.1) is 0 Å². The molecule has 32 heavy (non-hydrogen) atoms. The Morgan fingerprint density at radius 3 is 2.84 bits per heavy atom. The molecule has 0 amide bonds. The Labute approximate surface area is 187 Å². The lowest BCUT2D eigenvalue weighted by Gasteiger charge is -2.29. The van der Waals surface area contributed by atoms with Gasteiger partial charge in [-0.25, -0.2) is 14.4 Å². The third-order valence-electron chi connectivity index (χ3n) is 5.69. The van der Waals surface area contributed by atoms with Crippen molar-refractivity contribution in [3.05, 3.63) is 35.8 Å². The van der Waals surface area contributed by atoms with Crippen LogP contribution in [0.2, 0.25) is 0 Å². The molecule has 3 heterocycles. The van der Waals surface area contributed by atoms with Crippen molar-refractivity contribution in [3.63, 3.8) is 0 Å². The first-order chi connectivity index (χ1) is 15.6. The fraction of sp³-hybridized carbons (Fsp3) is 0.565. The minimum Gasteiger partial charge on any atom is -0.491 e. The summed E-state index contributed by atoms with van der Waals surface area (Å²) < 4.78 is 32.1. The van der Waals surface area contributed by atoms with Crippen LogP contribution < -0.4 is 15.0 Å². The molecule has 9 heteroatoms. The van der Waals surface area contributed by atoms with E-state index in [2.05, 4.69) is 15.3 Å². The largest absolute Gasteiger partial charge is 0.491 e. The van der Waals surface area contributed by atoms with Crippen LogP contribution in [0.3, 0.4) is 0 Å². The quantitative estimate of drug-likeness (QED) is 0.601. The molecule has 0 aliphatic carbocycles. The van der Waals surface area contributed by atoms with E-state index >= 15 is 4.39 Å². The number of hydrogen-bond donors (Lipinski definition) is 2. The first-order valence-corrected chi connectivity index (χ1v) is 11.2. The summed E-state index contributed by atoms with van der Waals surface area (Å²) in [6.07, 6.45) is 0.813. The van der Waals surface area contributed by atoms with Crippen LogP contribution in [-0.4, -0.2) is 80.9 Å². The van der Waals surface area contributed by atoms with Crippen molar-refractivity contribution >= 4 is 5.82 Å². The van der Waals surface area contributed by atoms with Crippen LogP contribution in [0, 0.1) is 11.7 Å². The molecule has 1 aromatic carbocycles. The summed E-state index contributed by atoms with van der Waals surface area (Å²) in [4.78, 5) is 11.1. The molecule has 0 saturated carbocycles. The molecular weight excluding hydrogens is 415 g/mol. The molecule has 2 aliphatic heterocycles. The zero-order valence-corrected chi connectivity index (χ0v) is 18.4. The molecule has 2 N–H and O–H groups in total. The van der Waals surface area contributed by atoms with E-state index in [0.717, 1.165) is 12.0 Å². The predicted octanol–water partition coefficient (Wildman–Crippen LogP) is 1.66. The highest BCUT2D eigenvalue weighted by Gasteiger charge is 2.25. The molecule has 8 nitrogen and oxygen atoms in total. The summed E-state index contributed by atoms with van der Waals surface area (Å²) in [6, 6.07) is 7.38. The molecular formula is C23H31FN4O4. The number of likely N-dealkylation sites (N-methyl/N-ethyl adjacent to an activating group) is 1. The van der Waals surface area contributed by atoms with E-state index in [-0.39, 0.29) is 18.3 Å². The lowest BCUT2D eigenvalue weighted by atomic mass is 10.0. The number of ether oxygens (including phenoxy) is 3. The van der Waals surface area contributed by atoms with Gasteiger partial charge >= 0.3 is 0 Å². The van der Waals surface area contributed by atoms with Crippen molar-refractivity contribution in [1.29, 1.82) is 0 Å². The molecule has 2 aromatic rings. The Hall–Kier alpha value is -2.33. The highest BCUT2D eigenvalue weighted by molar-refractivity contribution is 5.60. The summed E-state index contributed by atoms with van der Waals surface area (Å²) >= 11 is 0. The number of benzene rings is 1. The lowest BCUT2D eigenvalue weighted by Crippen LogP contribution is -2.37. The predicted molar refractivity (Wildman–Crippen MR) is 119 cm³/mol. The smallest absolute Gasteiger partial charge is 0.187 e. The Morgan fingerprint density at radius 1 is 1.25 bits per heavy atom. The number of hydrogen-bond acceptors (Lipinski definition) is 8. The van der Waals surface area contributed by atoms with E-state index < -0.39 is 6.10 Å². The highest BCUT2D eigenvalue weighted by atomic mass is 19.1. The molecule has 4 rings (SSSR count). The van der Waals surface area contributed by atoms with Gasteiger partial charge in [0.2, 0.25) is 0 Å². The van der Waals surface area contributed by atoms with Crippen LogP contribution in [-0.2, 0) is 15.9 Å². The molecule has 1 aromatic heterocycles. The van der Waals surface area contributed by atoms with Gasteiger partial charge < -0.3 is 29.5 Å². The monoisotopic (exact) mass is 446 g/mol. The number of nitrogens with one attached hydrogen (secondary N) is 1. The SMILES string of the molecule is CNCC(O)COc1cccc(-c2nc(C[C@@H]3CCOC3)c(F)c(N3CCOCC3)n2)c1. The van der Waals surface area contributed by atoms with E-state index in [1.807, 2.05) is 29.2 Å². The van der Waals surface area contributed by atoms with Crippen LogP contribution in [0.5, 0.6) is 5.75 Å². The maximum absolute atomic E-state index is 15.5.